The van der Waals surface area contributed by atoms with E-state index in [-0.39, 0.29) is 12.4 Å². The fourth-order valence-electron chi connectivity index (χ4n) is 2.25. The van der Waals surface area contributed by atoms with E-state index < -0.39 is 6.04 Å². The number of aliphatic hydroxyl groups is 1. The molecular weight excluding hydrogens is 270 g/mol. The third-order valence-electron chi connectivity index (χ3n) is 3.18. The van der Waals surface area contributed by atoms with Crippen LogP contribution >= 0.6 is 15.9 Å². The van der Waals surface area contributed by atoms with E-state index in [1.807, 2.05) is 6.07 Å². The molecule has 0 saturated carbocycles. The number of halogens is 1. The van der Waals surface area contributed by atoms with Crippen LogP contribution in [0.3, 0.4) is 0 Å². The van der Waals surface area contributed by atoms with E-state index in [0.29, 0.717) is 5.56 Å². The summed E-state index contributed by atoms with van der Waals surface area (Å²) < 4.78 is 0.753. The van der Waals surface area contributed by atoms with E-state index >= 15 is 0 Å². The Hall–Kier alpha value is -0.580. The Morgan fingerprint density at radius 3 is 2.75 bits per heavy atom. The van der Waals surface area contributed by atoms with Crippen molar-refractivity contribution < 1.29 is 10.2 Å². The Morgan fingerprint density at radius 1 is 1.38 bits per heavy atom. The van der Waals surface area contributed by atoms with Crippen molar-refractivity contribution in [1.82, 2.24) is 0 Å². The van der Waals surface area contributed by atoms with Crippen molar-refractivity contribution in [1.29, 1.82) is 0 Å². The molecule has 4 heteroatoms. The van der Waals surface area contributed by atoms with E-state index in [1.165, 1.54) is 17.5 Å². The predicted octanol–water partition coefficient (Wildman–Crippen LogP) is 2.03. The summed E-state index contributed by atoms with van der Waals surface area (Å²) in [5, 5.41) is 19.1. The summed E-state index contributed by atoms with van der Waals surface area (Å²) in [6, 6.07) is 1.43. The van der Waals surface area contributed by atoms with Gasteiger partial charge in [-0.3, -0.25) is 0 Å². The van der Waals surface area contributed by atoms with Gasteiger partial charge in [0.25, 0.3) is 0 Å². The summed E-state index contributed by atoms with van der Waals surface area (Å²) in [5.41, 5.74) is 8.84. The van der Waals surface area contributed by atoms with Crippen molar-refractivity contribution in [3.8, 4) is 5.75 Å². The Bertz CT molecular complexity index is 406. The van der Waals surface area contributed by atoms with Gasteiger partial charge in [-0.05, 0) is 52.7 Å². The molecule has 0 heterocycles. The van der Waals surface area contributed by atoms with Gasteiger partial charge in [-0.25, -0.2) is 0 Å². The number of aryl methyl sites for hydroxylation is 1. The number of aromatic hydroxyl groups is 1. The second-order valence-corrected chi connectivity index (χ2v) is 5.06. The number of hydrogen-bond acceptors (Lipinski definition) is 3. The van der Waals surface area contributed by atoms with Gasteiger partial charge >= 0.3 is 0 Å². The Morgan fingerprint density at radius 2 is 2.06 bits per heavy atom. The number of rotatable bonds is 2. The van der Waals surface area contributed by atoms with E-state index in [9.17, 15) is 5.11 Å². The molecule has 16 heavy (non-hydrogen) atoms. The first kappa shape index (κ1) is 11.9. The maximum Gasteiger partial charge on any atom is 0.134 e. The first-order valence-corrected chi connectivity index (χ1v) is 6.34. The minimum atomic E-state index is -0.511. The number of hydrogen-bond donors (Lipinski definition) is 3. The lowest BCUT2D eigenvalue weighted by molar-refractivity contribution is 0.265. The molecule has 1 aromatic rings. The van der Waals surface area contributed by atoms with Gasteiger partial charge in [-0.2, -0.15) is 0 Å². The first-order valence-electron chi connectivity index (χ1n) is 5.54. The smallest absolute Gasteiger partial charge is 0.134 e. The van der Waals surface area contributed by atoms with Gasteiger partial charge in [0, 0.05) is 5.56 Å². The number of phenolic OH excluding ortho intramolecular Hbond substituents is 1. The number of aliphatic hydroxyl groups excluding tert-OH is 1. The molecule has 88 valence electrons. The molecule has 0 saturated heterocycles. The second-order valence-electron chi connectivity index (χ2n) is 4.26. The lowest BCUT2D eigenvalue weighted by Crippen LogP contribution is -2.16. The van der Waals surface area contributed by atoms with Gasteiger partial charge in [-0.15, -0.1) is 0 Å². The van der Waals surface area contributed by atoms with Crippen LogP contribution in [0.5, 0.6) is 5.75 Å². The molecule has 1 aliphatic carbocycles. The topological polar surface area (TPSA) is 66.5 Å². The third kappa shape index (κ3) is 1.97. The lowest BCUT2D eigenvalue weighted by atomic mass is 9.88. The molecule has 4 N–H and O–H groups in total. The summed E-state index contributed by atoms with van der Waals surface area (Å²) in [5.74, 6) is 0.183. The largest absolute Gasteiger partial charge is 0.506 e. The van der Waals surface area contributed by atoms with Crippen molar-refractivity contribution >= 4 is 15.9 Å². The maximum atomic E-state index is 10.0. The van der Waals surface area contributed by atoms with Crippen LogP contribution in [0.1, 0.15) is 35.6 Å². The number of phenols is 1. The van der Waals surface area contributed by atoms with Crippen molar-refractivity contribution in [2.45, 2.75) is 31.7 Å². The Kier molecular flexibility index (Phi) is 3.52. The molecule has 0 aliphatic heterocycles. The quantitative estimate of drug-likeness (QED) is 0.779. The highest BCUT2D eigenvalue weighted by Crippen LogP contribution is 2.39. The maximum absolute atomic E-state index is 10.0. The van der Waals surface area contributed by atoms with Crippen LogP contribution in [0, 0.1) is 0 Å². The molecule has 0 amide bonds. The third-order valence-corrected chi connectivity index (χ3v) is 4.04. The molecule has 0 radical (unpaired) electrons. The zero-order valence-electron chi connectivity index (χ0n) is 9.04. The van der Waals surface area contributed by atoms with Crippen LogP contribution in [-0.4, -0.2) is 16.8 Å². The number of nitrogens with two attached hydrogens (primary N) is 1. The summed E-state index contributed by atoms with van der Waals surface area (Å²) >= 11 is 3.43. The molecule has 0 fully saturated rings. The van der Waals surface area contributed by atoms with Crippen molar-refractivity contribution in [3.63, 3.8) is 0 Å². The summed E-state index contributed by atoms with van der Waals surface area (Å²) in [4.78, 5) is 0. The monoisotopic (exact) mass is 285 g/mol. The molecule has 0 aromatic heterocycles. The minimum Gasteiger partial charge on any atom is -0.506 e. The summed E-state index contributed by atoms with van der Waals surface area (Å²) in [7, 11) is 0. The first-order chi connectivity index (χ1) is 7.65. The van der Waals surface area contributed by atoms with Gasteiger partial charge in [0.05, 0.1) is 17.1 Å². The molecule has 0 bridgehead atoms. The molecule has 1 aliphatic rings. The Labute approximate surface area is 103 Å². The molecule has 2 rings (SSSR count). The van der Waals surface area contributed by atoms with Crippen molar-refractivity contribution in [2.75, 3.05) is 6.61 Å². The van der Waals surface area contributed by atoms with Gasteiger partial charge in [0.2, 0.25) is 0 Å². The van der Waals surface area contributed by atoms with Crippen LogP contribution in [0.4, 0.5) is 0 Å². The molecule has 1 aromatic carbocycles. The van der Waals surface area contributed by atoms with Crippen molar-refractivity contribution in [2.24, 2.45) is 5.73 Å². The standard InChI is InChI=1S/C12H16BrNO2/c13-11-8-4-2-1-3-7(8)5-9(12(11)16)10(14)6-15/h5,10,15-16H,1-4,6,14H2. The SMILES string of the molecule is NC(CO)c1cc2c(c(Br)c1O)CCCC2. The average Bonchev–Trinajstić information content (AvgIpc) is 2.33. The highest BCUT2D eigenvalue weighted by molar-refractivity contribution is 9.10. The van der Waals surface area contributed by atoms with Crippen LogP contribution in [0.25, 0.3) is 0 Å². The van der Waals surface area contributed by atoms with Crippen LogP contribution in [0.15, 0.2) is 10.5 Å². The summed E-state index contributed by atoms with van der Waals surface area (Å²) in [6.45, 7) is -0.154. The zero-order chi connectivity index (χ0) is 11.7. The molecule has 1 atom stereocenters. The predicted molar refractivity (Wildman–Crippen MR) is 66.5 cm³/mol. The fourth-order valence-corrected chi connectivity index (χ4v) is 2.93. The van der Waals surface area contributed by atoms with E-state index in [1.54, 1.807) is 0 Å². The lowest BCUT2D eigenvalue weighted by Gasteiger charge is -2.22. The van der Waals surface area contributed by atoms with Crippen LogP contribution in [0.2, 0.25) is 0 Å². The molecule has 0 spiro atoms. The van der Waals surface area contributed by atoms with Gasteiger partial charge < -0.3 is 15.9 Å². The van der Waals surface area contributed by atoms with E-state index in [0.717, 1.165) is 23.7 Å². The van der Waals surface area contributed by atoms with E-state index in [4.69, 9.17) is 10.8 Å². The van der Waals surface area contributed by atoms with Gasteiger partial charge in [0.1, 0.15) is 5.75 Å². The number of fused-ring (bicyclic) bond motifs is 1. The van der Waals surface area contributed by atoms with Gasteiger partial charge in [-0.1, -0.05) is 6.07 Å². The minimum absolute atomic E-state index is 0.154. The second kappa shape index (κ2) is 4.73. The fraction of sp³-hybridized carbons (Fsp3) is 0.500. The van der Waals surface area contributed by atoms with Gasteiger partial charge in [0.15, 0.2) is 0 Å². The normalized spacial score (nSPS) is 16.9. The van der Waals surface area contributed by atoms with Crippen LogP contribution in [-0.2, 0) is 12.8 Å². The average molecular weight is 286 g/mol. The molecule has 3 nitrogen and oxygen atoms in total. The Balaban J connectivity index is 2.52. The molecule has 1 unspecified atom stereocenters. The summed E-state index contributed by atoms with van der Waals surface area (Å²) in [6.07, 6.45) is 4.37. The van der Waals surface area contributed by atoms with Crippen molar-refractivity contribution in [3.05, 3.63) is 27.2 Å². The number of benzene rings is 1. The highest BCUT2D eigenvalue weighted by Gasteiger charge is 2.20. The van der Waals surface area contributed by atoms with Crippen LogP contribution < -0.4 is 5.73 Å². The highest BCUT2D eigenvalue weighted by atomic mass is 79.9. The molecular formula is C12H16BrNO2. The zero-order valence-corrected chi connectivity index (χ0v) is 10.6. The van der Waals surface area contributed by atoms with E-state index in [2.05, 4.69) is 15.9 Å².